The first kappa shape index (κ1) is 14.9. The number of hydrogen-bond donors (Lipinski definition) is 1. The highest BCUT2D eigenvalue weighted by Gasteiger charge is 2.17. The Kier molecular flexibility index (Phi) is 5.01. The van der Waals surface area contributed by atoms with Crippen LogP contribution >= 0.6 is 0 Å². The third kappa shape index (κ3) is 3.12. The lowest BCUT2D eigenvalue weighted by molar-refractivity contribution is 0.0773. The van der Waals surface area contributed by atoms with Crippen LogP contribution < -0.4 is 10.2 Å². The Morgan fingerprint density at radius 3 is 2.50 bits per heavy atom. The largest absolute Gasteiger partial charge is 0.369 e. The predicted octanol–water partition coefficient (Wildman–Crippen LogP) is 1.89. The molecular weight excluding hydrogens is 250 g/mol. The summed E-state index contributed by atoms with van der Waals surface area (Å²) in [5.41, 5.74) is 3.24. The first-order valence-corrected chi connectivity index (χ1v) is 7.53. The summed E-state index contributed by atoms with van der Waals surface area (Å²) in [5.74, 6) is 0.131. The van der Waals surface area contributed by atoms with Crippen molar-refractivity contribution in [3.63, 3.8) is 0 Å². The van der Waals surface area contributed by atoms with Gasteiger partial charge in [0.15, 0.2) is 0 Å². The molecule has 1 aromatic rings. The van der Waals surface area contributed by atoms with E-state index in [-0.39, 0.29) is 5.91 Å². The molecule has 0 spiro atoms. The average Bonchev–Trinajstić information content (AvgIpc) is 2.49. The summed E-state index contributed by atoms with van der Waals surface area (Å²) in [6.45, 7) is 11.7. The van der Waals surface area contributed by atoms with Gasteiger partial charge in [-0.1, -0.05) is 6.07 Å². The zero-order chi connectivity index (χ0) is 14.5. The zero-order valence-corrected chi connectivity index (χ0v) is 12.8. The fourth-order valence-corrected chi connectivity index (χ4v) is 2.68. The lowest BCUT2D eigenvalue weighted by atomic mass is 10.1. The SMILES string of the molecule is CCN(CC)C(=O)c1ccc(C)c(N2CCNCC2)c1. The van der Waals surface area contributed by atoms with E-state index in [0.717, 1.165) is 44.8 Å². The minimum absolute atomic E-state index is 0.131. The second-order valence-corrected chi connectivity index (χ2v) is 5.22. The smallest absolute Gasteiger partial charge is 0.253 e. The Morgan fingerprint density at radius 1 is 1.25 bits per heavy atom. The first-order chi connectivity index (χ1) is 9.67. The second kappa shape index (κ2) is 6.75. The van der Waals surface area contributed by atoms with Crippen molar-refractivity contribution in [1.29, 1.82) is 0 Å². The van der Waals surface area contributed by atoms with E-state index in [0.29, 0.717) is 0 Å². The molecule has 1 heterocycles. The standard InChI is InChI=1S/C16H25N3O/c1-4-18(5-2)16(20)14-7-6-13(3)15(12-14)19-10-8-17-9-11-19/h6-7,12,17H,4-5,8-11H2,1-3H3. The van der Waals surface area contributed by atoms with E-state index in [2.05, 4.69) is 29.3 Å². The molecule has 4 heteroatoms. The van der Waals surface area contributed by atoms with E-state index in [9.17, 15) is 4.79 Å². The van der Waals surface area contributed by atoms with E-state index in [4.69, 9.17) is 0 Å². The van der Waals surface area contributed by atoms with Gasteiger partial charge in [0.1, 0.15) is 0 Å². The monoisotopic (exact) mass is 275 g/mol. The summed E-state index contributed by atoms with van der Waals surface area (Å²) < 4.78 is 0. The molecule has 0 aromatic heterocycles. The lowest BCUT2D eigenvalue weighted by Gasteiger charge is -2.31. The van der Waals surface area contributed by atoms with Crippen molar-refractivity contribution in [1.82, 2.24) is 10.2 Å². The molecule has 20 heavy (non-hydrogen) atoms. The van der Waals surface area contributed by atoms with Gasteiger partial charge < -0.3 is 15.1 Å². The maximum Gasteiger partial charge on any atom is 0.253 e. The molecule has 2 rings (SSSR count). The molecule has 1 saturated heterocycles. The van der Waals surface area contributed by atoms with Crippen molar-refractivity contribution in [3.05, 3.63) is 29.3 Å². The van der Waals surface area contributed by atoms with E-state index in [1.165, 1.54) is 11.3 Å². The van der Waals surface area contributed by atoms with Crippen LogP contribution in [-0.4, -0.2) is 50.1 Å². The van der Waals surface area contributed by atoms with Crippen LogP contribution in [0.1, 0.15) is 29.8 Å². The number of benzene rings is 1. The number of carbonyl (C=O) groups excluding carboxylic acids is 1. The molecule has 0 saturated carbocycles. The van der Waals surface area contributed by atoms with Crippen LogP contribution in [0.3, 0.4) is 0 Å². The molecular formula is C16H25N3O. The molecule has 1 fully saturated rings. The van der Waals surface area contributed by atoms with Gasteiger partial charge in [-0.3, -0.25) is 4.79 Å². The topological polar surface area (TPSA) is 35.6 Å². The van der Waals surface area contributed by atoms with Crippen LogP contribution in [0.15, 0.2) is 18.2 Å². The quantitative estimate of drug-likeness (QED) is 0.911. The van der Waals surface area contributed by atoms with Gasteiger partial charge in [0, 0.05) is 50.5 Å². The summed E-state index contributed by atoms with van der Waals surface area (Å²) in [6, 6.07) is 6.07. The third-order valence-electron chi connectivity index (χ3n) is 3.96. The van der Waals surface area contributed by atoms with Crippen LogP contribution in [0.25, 0.3) is 0 Å². The fraction of sp³-hybridized carbons (Fsp3) is 0.562. The van der Waals surface area contributed by atoms with Gasteiger partial charge in [0.2, 0.25) is 0 Å². The third-order valence-corrected chi connectivity index (χ3v) is 3.96. The van der Waals surface area contributed by atoms with Gasteiger partial charge in [-0.25, -0.2) is 0 Å². The first-order valence-electron chi connectivity index (χ1n) is 7.53. The van der Waals surface area contributed by atoms with Crippen LogP contribution in [0.2, 0.25) is 0 Å². The number of piperazine rings is 1. The highest BCUT2D eigenvalue weighted by molar-refractivity contribution is 5.95. The van der Waals surface area contributed by atoms with Crippen molar-refractivity contribution in [3.8, 4) is 0 Å². The summed E-state index contributed by atoms with van der Waals surface area (Å²) in [4.78, 5) is 16.7. The summed E-state index contributed by atoms with van der Waals surface area (Å²) >= 11 is 0. The highest BCUT2D eigenvalue weighted by atomic mass is 16.2. The summed E-state index contributed by atoms with van der Waals surface area (Å²) in [6.07, 6.45) is 0. The van der Waals surface area contributed by atoms with Gasteiger partial charge in [0.05, 0.1) is 0 Å². The number of carbonyl (C=O) groups is 1. The maximum absolute atomic E-state index is 12.4. The molecule has 0 unspecified atom stereocenters. The van der Waals surface area contributed by atoms with Crippen molar-refractivity contribution < 1.29 is 4.79 Å². The number of aryl methyl sites for hydroxylation is 1. The van der Waals surface area contributed by atoms with E-state index >= 15 is 0 Å². The zero-order valence-electron chi connectivity index (χ0n) is 12.8. The Bertz CT molecular complexity index is 463. The van der Waals surface area contributed by atoms with Crippen molar-refractivity contribution in [2.24, 2.45) is 0 Å². The maximum atomic E-state index is 12.4. The highest BCUT2D eigenvalue weighted by Crippen LogP contribution is 2.23. The Labute approximate surface area is 121 Å². The molecule has 0 radical (unpaired) electrons. The van der Waals surface area contributed by atoms with Gasteiger partial charge in [-0.15, -0.1) is 0 Å². The molecule has 0 aliphatic carbocycles. The van der Waals surface area contributed by atoms with Crippen molar-refractivity contribution in [2.45, 2.75) is 20.8 Å². The van der Waals surface area contributed by atoms with E-state index in [1.54, 1.807) is 0 Å². The lowest BCUT2D eigenvalue weighted by Crippen LogP contribution is -2.43. The van der Waals surface area contributed by atoms with Crippen LogP contribution in [0, 0.1) is 6.92 Å². The molecule has 1 N–H and O–H groups in total. The van der Waals surface area contributed by atoms with E-state index in [1.807, 2.05) is 24.8 Å². The molecule has 1 aliphatic heterocycles. The summed E-state index contributed by atoms with van der Waals surface area (Å²) in [7, 11) is 0. The Hall–Kier alpha value is -1.55. The molecule has 1 aromatic carbocycles. The molecule has 4 nitrogen and oxygen atoms in total. The number of nitrogens with one attached hydrogen (secondary N) is 1. The summed E-state index contributed by atoms with van der Waals surface area (Å²) in [5, 5.41) is 3.36. The van der Waals surface area contributed by atoms with Crippen LogP contribution in [0.5, 0.6) is 0 Å². The number of rotatable bonds is 4. The second-order valence-electron chi connectivity index (χ2n) is 5.22. The average molecular weight is 275 g/mol. The van der Waals surface area contributed by atoms with E-state index < -0.39 is 0 Å². The van der Waals surface area contributed by atoms with Crippen LogP contribution in [-0.2, 0) is 0 Å². The Balaban J connectivity index is 2.25. The number of amides is 1. The number of nitrogens with zero attached hydrogens (tertiary/aromatic N) is 2. The van der Waals surface area contributed by atoms with Gasteiger partial charge >= 0.3 is 0 Å². The minimum Gasteiger partial charge on any atom is -0.369 e. The molecule has 110 valence electrons. The molecule has 1 aliphatic rings. The van der Waals surface area contributed by atoms with Crippen molar-refractivity contribution >= 4 is 11.6 Å². The Morgan fingerprint density at radius 2 is 1.90 bits per heavy atom. The molecule has 0 atom stereocenters. The molecule has 1 amide bonds. The van der Waals surface area contributed by atoms with Crippen LogP contribution in [0.4, 0.5) is 5.69 Å². The van der Waals surface area contributed by atoms with Gasteiger partial charge in [0.25, 0.3) is 5.91 Å². The fourth-order valence-electron chi connectivity index (χ4n) is 2.68. The normalized spacial score (nSPS) is 15.2. The molecule has 0 bridgehead atoms. The van der Waals surface area contributed by atoms with Crippen molar-refractivity contribution in [2.75, 3.05) is 44.2 Å². The number of anilines is 1. The van der Waals surface area contributed by atoms with Gasteiger partial charge in [-0.05, 0) is 38.5 Å². The van der Waals surface area contributed by atoms with Gasteiger partial charge in [-0.2, -0.15) is 0 Å². The predicted molar refractivity (Wildman–Crippen MR) is 83.5 cm³/mol. The minimum atomic E-state index is 0.131. The number of hydrogen-bond acceptors (Lipinski definition) is 3.